The lowest BCUT2D eigenvalue weighted by Gasteiger charge is -2.11. The van der Waals surface area contributed by atoms with Gasteiger partial charge in [-0.05, 0) is 36.6 Å². The largest absolute Gasteiger partial charge is 0.488 e. The lowest BCUT2D eigenvalue weighted by molar-refractivity contribution is 0.0467. The van der Waals surface area contributed by atoms with Crippen molar-refractivity contribution in [3.8, 4) is 5.75 Å². The van der Waals surface area contributed by atoms with Crippen LogP contribution in [0, 0.1) is 5.92 Å². The monoisotopic (exact) mass is 422 g/mol. The second kappa shape index (κ2) is 9.71. The van der Waals surface area contributed by atoms with E-state index >= 15 is 0 Å². The van der Waals surface area contributed by atoms with Gasteiger partial charge in [0.1, 0.15) is 6.61 Å². The Hall–Kier alpha value is -2.65. The molecule has 0 unspecified atom stereocenters. The number of sulfonamides is 1. The minimum Gasteiger partial charge on any atom is -0.488 e. The molecule has 158 valence electrons. The number of nitrogens with one attached hydrogen (secondary N) is 1. The molecule has 9 heteroatoms. The second-order valence-electron chi connectivity index (χ2n) is 7.11. The lowest BCUT2D eigenvalue weighted by atomic mass is 10.1. The van der Waals surface area contributed by atoms with E-state index in [9.17, 15) is 18.0 Å². The summed E-state index contributed by atoms with van der Waals surface area (Å²) in [5, 5.41) is 0. The first-order valence-electron chi connectivity index (χ1n) is 9.15. The molecule has 0 saturated carbocycles. The summed E-state index contributed by atoms with van der Waals surface area (Å²) in [5.41, 5.74) is 0.335. The number of hydrogen-bond acceptors (Lipinski definition) is 6. The van der Waals surface area contributed by atoms with Crippen LogP contribution >= 0.6 is 0 Å². The van der Waals surface area contributed by atoms with Crippen molar-refractivity contribution in [3.63, 3.8) is 0 Å². The van der Waals surface area contributed by atoms with Crippen LogP contribution in [0.2, 0.25) is 0 Å². The summed E-state index contributed by atoms with van der Waals surface area (Å²) < 4.78 is 35.8. The number of esters is 1. The van der Waals surface area contributed by atoms with Gasteiger partial charge in [0.15, 0.2) is 5.75 Å². The molecule has 0 bridgehead atoms. The van der Waals surface area contributed by atoms with Crippen LogP contribution in [0.4, 0.5) is 0 Å². The summed E-state index contributed by atoms with van der Waals surface area (Å²) in [6, 6.07) is 6.78. The number of H-pyrrole nitrogens is 1. The molecule has 1 aromatic carbocycles. The third kappa shape index (κ3) is 6.16. The number of benzene rings is 1. The number of carbonyl (C=O) groups is 1. The van der Waals surface area contributed by atoms with Crippen molar-refractivity contribution >= 4 is 16.0 Å². The van der Waals surface area contributed by atoms with E-state index in [1.54, 1.807) is 0 Å². The Balaban J connectivity index is 1.97. The first-order chi connectivity index (χ1) is 13.6. The molecule has 0 atom stereocenters. The lowest BCUT2D eigenvalue weighted by Crippen LogP contribution is -2.22. The number of ether oxygens (including phenoxy) is 2. The van der Waals surface area contributed by atoms with E-state index in [0.29, 0.717) is 18.2 Å². The van der Waals surface area contributed by atoms with Crippen molar-refractivity contribution in [2.24, 2.45) is 5.92 Å². The van der Waals surface area contributed by atoms with Gasteiger partial charge in [0.05, 0.1) is 22.8 Å². The SMILES string of the molecule is CC(C)CCOc1c[nH]c(COC(=O)c2ccc(S(=O)(=O)N(C)C)cc2)cc1=O. The average molecular weight is 423 g/mol. The number of pyridine rings is 1. The average Bonchev–Trinajstić information content (AvgIpc) is 2.67. The Morgan fingerprint density at radius 1 is 1.17 bits per heavy atom. The fraction of sp³-hybridized carbons (Fsp3) is 0.400. The van der Waals surface area contributed by atoms with Gasteiger partial charge in [0.2, 0.25) is 15.5 Å². The smallest absolute Gasteiger partial charge is 0.338 e. The number of carbonyl (C=O) groups excluding carboxylic acids is 1. The minimum atomic E-state index is -3.57. The van der Waals surface area contributed by atoms with Crippen LogP contribution < -0.4 is 10.2 Å². The summed E-state index contributed by atoms with van der Waals surface area (Å²) >= 11 is 0. The molecule has 29 heavy (non-hydrogen) atoms. The van der Waals surface area contributed by atoms with Gasteiger partial charge in [-0.3, -0.25) is 4.79 Å². The second-order valence-corrected chi connectivity index (χ2v) is 9.26. The van der Waals surface area contributed by atoms with Crippen LogP contribution in [0.5, 0.6) is 5.75 Å². The Labute approximate surface area is 170 Å². The van der Waals surface area contributed by atoms with Gasteiger partial charge in [-0.1, -0.05) is 13.8 Å². The van der Waals surface area contributed by atoms with E-state index in [2.05, 4.69) is 18.8 Å². The molecule has 0 aliphatic carbocycles. The van der Waals surface area contributed by atoms with E-state index in [0.717, 1.165) is 10.7 Å². The highest BCUT2D eigenvalue weighted by atomic mass is 32.2. The van der Waals surface area contributed by atoms with Crippen LogP contribution in [0.25, 0.3) is 0 Å². The summed E-state index contributed by atoms with van der Waals surface area (Å²) in [5.74, 6) is 0.0696. The van der Waals surface area contributed by atoms with E-state index in [1.165, 1.54) is 50.6 Å². The summed E-state index contributed by atoms with van der Waals surface area (Å²) in [6.07, 6.45) is 2.29. The quantitative estimate of drug-likeness (QED) is 0.622. The number of rotatable bonds is 9. The Kier molecular flexibility index (Phi) is 7.58. The van der Waals surface area contributed by atoms with Gasteiger partial charge in [-0.2, -0.15) is 0 Å². The normalized spacial score (nSPS) is 11.7. The van der Waals surface area contributed by atoms with Crippen LogP contribution in [-0.4, -0.2) is 44.4 Å². The van der Waals surface area contributed by atoms with Gasteiger partial charge in [0.25, 0.3) is 0 Å². The third-order valence-electron chi connectivity index (χ3n) is 4.12. The number of hydrogen-bond donors (Lipinski definition) is 1. The first-order valence-corrected chi connectivity index (χ1v) is 10.6. The minimum absolute atomic E-state index is 0.0800. The molecule has 0 saturated heterocycles. The summed E-state index contributed by atoms with van der Waals surface area (Å²) in [7, 11) is -0.707. The maximum atomic E-state index is 12.2. The zero-order valence-electron chi connectivity index (χ0n) is 17.0. The van der Waals surface area contributed by atoms with E-state index in [-0.39, 0.29) is 28.2 Å². The molecule has 1 N–H and O–H groups in total. The molecule has 0 aliphatic heterocycles. The molecular weight excluding hydrogens is 396 g/mol. The Bertz CT molecular complexity index is 994. The first kappa shape index (κ1) is 22.6. The fourth-order valence-corrected chi connectivity index (χ4v) is 3.20. The molecule has 1 aromatic heterocycles. The zero-order chi connectivity index (χ0) is 21.6. The number of aromatic amines is 1. The molecular formula is C20H26N2O6S. The van der Waals surface area contributed by atoms with Crippen molar-refractivity contribution in [3.05, 3.63) is 58.0 Å². The highest BCUT2D eigenvalue weighted by Crippen LogP contribution is 2.15. The Morgan fingerprint density at radius 2 is 1.83 bits per heavy atom. The van der Waals surface area contributed by atoms with Crippen LogP contribution in [0.1, 0.15) is 36.3 Å². The molecule has 2 aromatic rings. The molecule has 0 amide bonds. The van der Waals surface area contributed by atoms with Crippen molar-refractivity contribution in [1.82, 2.24) is 9.29 Å². The molecule has 8 nitrogen and oxygen atoms in total. The van der Waals surface area contributed by atoms with Crippen LogP contribution in [-0.2, 0) is 21.4 Å². The molecule has 1 heterocycles. The van der Waals surface area contributed by atoms with Gasteiger partial charge in [-0.15, -0.1) is 0 Å². The van der Waals surface area contributed by atoms with Gasteiger partial charge >= 0.3 is 5.97 Å². The van der Waals surface area contributed by atoms with E-state index in [1.807, 2.05) is 0 Å². The van der Waals surface area contributed by atoms with Crippen molar-refractivity contribution in [1.29, 1.82) is 0 Å². The zero-order valence-corrected chi connectivity index (χ0v) is 17.8. The van der Waals surface area contributed by atoms with E-state index < -0.39 is 16.0 Å². The molecule has 0 radical (unpaired) electrons. The van der Waals surface area contributed by atoms with Crippen molar-refractivity contribution in [2.75, 3.05) is 20.7 Å². The fourth-order valence-electron chi connectivity index (χ4n) is 2.30. The van der Waals surface area contributed by atoms with Gasteiger partial charge < -0.3 is 14.5 Å². The standard InChI is InChI=1S/C20H26N2O6S/c1-14(2)9-10-27-19-12-21-16(11-18(19)23)13-28-20(24)15-5-7-17(8-6-15)29(25,26)22(3)4/h5-8,11-12,14H,9-10,13H2,1-4H3,(H,21,23). The Morgan fingerprint density at radius 3 is 2.38 bits per heavy atom. The summed E-state index contributed by atoms with van der Waals surface area (Å²) in [4.78, 5) is 27.2. The predicted octanol–water partition coefficient (Wildman–Crippen LogP) is 2.41. The molecule has 0 aliphatic rings. The predicted molar refractivity (Wildman–Crippen MR) is 108 cm³/mol. The highest BCUT2D eigenvalue weighted by molar-refractivity contribution is 7.89. The van der Waals surface area contributed by atoms with Crippen LogP contribution in [0.15, 0.2) is 46.2 Å². The maximum Gasteiger partial charge on any atom is 0.338 e. The third-order valence-corrected chi connectivity index (χ3v) is 5.95. The maximum absolute atomic E-state index is 12.2. The van der Waals surface area contributed by atoms with E-state index in [4.69, 9.17) is 9.47 Å². The molecule has 0 fully saturated rings. The topological polar surface area (TPSA) is 106 Å². The summed E-state index contributed by atoms with van der Waals surface area (Å²) in [6.45, 7) is 4.46. The van der Waals surface area contributed by atoms with Gasteiger partial charge in [-0.25, -0.2) is 17.5 Å². The van der Waals surface area contributed by atoms with Crippen molar-refractivity contribution in [2.45, 2.75) is 31.8 Å². The van der Waals surface area contributed by atoms with Gasteiger partial charge in [0, 0.05) is 26.4 Å². The molecule has 2 rings (SSSR count). The van der Waals surface area contributed by atoms with Crippen molar-refractivity contribution < 1.29 is 22.7 Å². The van der Waals surface area contributed by atoms with Crippen LogP contribution in [0.3, 0.4) is 0 Å². The number of nitrogens with zero attached hydrogens (tertiary/aromatic N) is 1. The highest BCUT2D eigenvalue weighted by Gasteiger charge is 2.18. The molecule has 0 spiro atoms. The number of aromatic nitrogens is 1.